The van der Waals surface area contributed by atoms with Crippen LogP contribution in [0.2, 0.25) is 0 Å². The Bertz CT molecular complexity index is 607. The van der Waals surface area contributed by atoms with Gasteiger partial charge in [-0.3, -0.25) is 0 Å². The topological polar surface area (TPSA) is 81.4 Å². The molecular weight excluding hydrogens is 344 g/mol. The minimum Gasteiger partial charge on any atom is -0.376 e. The lowest BCUT2D eigenvalue weighted by atomic mass is 9.69. The lowest BCUT2D eigenvalue weighted by molar-refractivity contribution is -0.114. The summed E-state index contributed by atoms with van der Waals surface area (Å²) in [5.74, 6) is 0.274. The Morgan fingerprint density at radius 3 is 2.85 bits per heavy atom. The van der Waals surface area contributed by atoms with Crippen LogP contribution in [0.4, 0.5) is 0 Å². The molecule has 3 rings (SSSR count). The van der Waals surface area contributed by atoms with E-state index in [2.05, 4.69) is 20.7 Å². The summed E-state index contributed by atoms with van der Waals surface area (Å²) < 4.78 is 33.7. The molecule has 110 valence electrons. The van der Waals surface area contributed by atoms with Crippen molar-refractivity contribution in [2.24, 2.45) is 11.7 Å². The third-order valence-electron chi connectivity index (χ3n) is 4.09. The van der Waals surface area contributed by atoms with Crippen LogP contribution in [-0.4, -0.2) is 33.2 Å². The fourth-order valence-corrected chi connectivity index (χ4v) is 5.28. The van der Waals surface area contributed by atoms with Gasteiger partial charge in [0.1, 0.15) is 0 Å². The second-order valence-electron chi connectivity index (χ2n) is 5.30. The van der Waals surface area contributed by atoms with E-state index in [-0.39, 0.29) is 29.0 Å². The molecule has 2 fully saturated rings. The number of fused-ring (bicyclic) bond motifs is 1. The summed E-state index contributed by atoms with van der Waals surface area (Å²) in [4.78, 5) is 0.228. The molecule has 0 bridgehead atoms. The second-order valence-corrected chi connectivity index (χ2v) is 7.83. The van der Waals surface area contributed by atoms with Crippen molar-refractivity contribution in [3.8, 4) is 0 Å². The Kier molecular flexibility index (Phi) is 3.89. The predicted octanol–water partition coefficient (Wildman–Crippen LogP) is 1.23. The van der Waals surface area contributed by atoms with Crippen LogP contribution in [0.3, 0.4) is 0 Å². The van der Waals surface area contributed by atoms with Crippen molar-refractivity contribution < 1.29 is 13.2 Å². The zero-order valence-electron chi connectivity index (χ0n) is 10.8. The maximum atomic E-state index is 12.4. The third-order valence-corrected chi connectivity index (χ3v) is 6.57. The van der Waals surface area contributed by atoms with Gasteiger partial charge in [0, 0.05) is 23.0 Å². The van der Waals surface area contributed by atoms with E-state index in [1.54, 1.807) is 24.3 Å². The van der Waals surface area contributed by atoms with Crippen LogP contribution in [0.5, 0.6) is 0 Å². The molecule has 0 spiro atoms. The van der Waals surface area contributed by atoms with Gasteiger partial charge in [-0.2, -0.15) is 0 Å². The first-order valence-electron chi connectivity index (χ1n) is 6.65. The van der Waals surface area contributed by atoms with Crippen LogP contribution in [0.1, 0.15) is 12.8 Å². The molecule has 7 heteroatoms. The lowest BCUT2D eigenvalue weighted by Crippen LogP contribution is -2.71. The summed E-state index contributed by atoms with van der Waals surface area (Å²) in [6.45, 7) is 0.682. The van der Waals surface area contributed by atoms with Gasteiger partial charge in [0.25, 0.3) is 0 Å². The van der Waals surface area contributed by atoms with Crippen LogP contribution in [0.25, 0.3) is 0 Å². The molecular formula is C13H17BrN2O3S. The summed E-state index contributed by atoms with van der Waals surface area (Å²) in [6.07, 6.45) is 1.92. The number of hydrogen-bond acceptors (Lipinski definition) is 4. The van der Waals surface area contributed by atoms with Gasteiger partial charge < -0.3 is 10.5 Å². The standard InChI is InChI=1S/C13H17BrN2O3S/c14-9-5-1-2-6-10(9)20(17,18)16-12-11(15)8-4-3-7-19-13(8)12/h1-2,5-6,8,11-13,16H,3-4,7,15H2. The zero-order valence-corrected chi connectivity index (χ0v) is 13.2. The van der Waals surface area contributed by atoms with Crippen molar-refractivity contribution in [2.75, 3.05) is 6.61 Å². The van der Waals surface area contributed by atoms with Gasteiger partial charge in [-0.15, -0.1) is 0 Å². The van der Waals surface area contributed by atoms with Crippen LogP contribution >= 0.6 is 15.9 Å². The molecule has 2 aliphatic rings. The van der Waals surface area contributed by atoms with E-state index < -0.39 is 10.0 Å². The van der Waals surface area contributed by atoms with Gasteiger partial charge in [-0.25, -0.2) is 13.1 Å². The van der Waals surface area contributed by atoms with Crippen molar-refractivity contribution in [2.45, 2.75) is 35.9 Å². The molecule has 1 heterocycles. The number of rotatable bonds is 3. The zero-order chi connectivity index (χ0) is 14.3. The van der Waals surface area contributed by atoms with Crippen molar-refractivity contribution >= 4 is 26.0 Å². The van der Waals surface area contributed by atoms with E-state index in [4.69, 9.17) is 10.5 Å². The molecule has 5 nitrogen and oxygen atoms in total. The summed E-state index contributed by atoms with van der Waals surface area (Å²) in [6, 6.07) is 6.23. The Hall–Kier alpha value is -0.470. The van der Waals surface area contributed by atoms with E-state index in [9.17, 15) is 8.42 Å². The summed E-state index contributed by atoms with van der Waals surface area (Å²) in [5.41, 5.74) is 6.08. The van der Waals surface area contributed by atoms with Gasteiger partial charge in [0.15, 0.2) is 0 Å². The lowest BCUT2D eigenvalue weighted by Gasteiger charge is -2.52. The molecule has 20 heavy (non-hydrogen) atoms. The van der Waals surface area contributed by atoms with E-state index in [1.807, 2.05) is 0 Å². The molecule has 0 radical (unpaired) electrons. The molecule has 1 aromatic carbocycles. The number of ether oxygens (including phenoxy) is 1. The van der Waals surface area contributed by atoms with E-state index in [0.29, 0.717) is 11.1 Å². The molecule has 1 aliphatic carbocycles. The van der Waals surface area contributed by atoms with Crippen LogP contribution in [-0.2, 0) is 14.8 Å². The first kappa shape index (κ1) is 14.5. The largest absolute Gasteiger partial charge is 0.376 e. The quantitative estimate of drug-likeness (QED) is 0.849. The fourth-order valence-electron chi connectivity index (χ4n) is 3.00. The smallest absolute Gasteiger partial charge is 0.242 e. The average Bonchev–Trinajstić information content (AvgIpc) is 2.45. The first-order valence-corrected chi connectivity index (χ1v) is 8.92. The van der Waals surface area contributed by atoms with Crippen molar-refractivity contribution in [1.82, 2.24) is 4.72 Å². The van der Waals surface area contributed by atoms with E-state index in [1.165, 1.54) is 0 Å². The number of benzene rings is 1. The number of halogens is 1. The van der Waals surface area contributed by atoms with Gasteiger partial charge in [-0.1, -0.05) is 12.1 Å². The maximum absolute atomic E-state index is 12.4. The fraction of sp³-hybridized carbons (Fsp3) is 0.538. The number of nitrogens with one attached hydrogen (secondary N) is 1. The molecule has 0 aromatic heterocycles. The minimum absolute atomic E-state index is 0.0870. The summed E-state index contributed by atoms with van der Waals surface area (Å²) >= 11 is 3.26. The highest BCUT2D eigenvalue weighted by Crippen LogP contribution is 2.37. The number of nitrogens with two attached hydrogens (primary N) is 1. The molecule has 0 amide bonds. The summed E-state index contributed by atoms with van der Waals surface area (Å²) in [5, 5.41) is 0. The van der Waals surface area contributed by atoms with Crippen molar-refractivity contribution in [3.63, 3.8) is 0 Å². The molecule has 1 aliphatic heterocycles. The number of hydrogen-bond donors (Lipinski definition) is 2. The second kappa shape index (κ2) is 5.38. The van der Waals surface area contributed by atoms with Crippen molar-refractivity contribution in [1.29, 1.82) is 0 Å². The normalized spacial score (nSPS) is 33.3. The van der Waals surface area contributed by atoms with Crippen LogP contribution in [0, 0.1) is 5.92 Å². The maximum Gasteiger partial charge on any atom is 0.242 e. The Labute approximate surface area is 127 Å². The summed E-state index contributed by atoms with van der Waals surface area (Å²) in [7, 11) is -3.59. The SMILES string of the molecule is NC1C2CCCOC2C1NS(=O)(=O)c1ccccc1Br. The Morgan fingerprint density at radius 2 is 2.10 bits per heavy atom. The number of sulfonamides is 1. The monoisotopic (exact) mass is 360 g/mol. The molecule has 1 aromatic rings. The highest BCUT2D eigenvalue weighted by atomic mass is 79.9. The van der Waals surface area contributed by atoms with Crippen molar-refractivity contribution in [3.05, 3.63) is 28.7 Å². The van der Waals surface area contributed by atoms with E-state index >= 15 is 0 Å². The van der Waals surface area contributed by atoms with Gasteiger partial charge >= 0.3 is 0 Å². The van der Waals surface area contributed by atoms with Gasteiger partial charge in [0.05, 0.1) is 17.0 Å². The molecule has 1 saturated carbocycles. The van der Waals surface area contributed by atoms with Crippen LogP contribution < -0.4 is 10.5 Å². The van der Waals surface area contributed by atoms with Crippen LogP contribution in [0.15, 0.2) is 33.6 Å². The first-order chi connectivity index (χ1) is 9.50. The predicted molar refractivity (Wildman–Crippen MR) is 78.7 cm³/mol. The average molecular weight is 361 g/mol. The Morgan fingerprint density at radius 1 is 1.35 bits per heavy atom. The molecule has 4 unspecified atom stereocenters. The molecule has 3 N–H and O–H groups in total. The van der Waals surface area contributed by atoms with E-state index in [0.717, 1.165) is 12.8 Å². The Balaban J connectivity index is 1.79. The highest BCUT2D eigenvalue weighted by molar-refractivity contribution is 9.10. The minimum atomic E-state index is -3.59. The van der Waals surface area contributed by atoms with Gasteiger partial charge in [0.2, 0.25) is 10.0 Å². The van der Waals surface area contributed by atoms with Gasteiger partial charge in [-0.05, 0) is 40.9 Å². The highest BCUT2D eigenvalue weighted by Gasteiger charge is 2.52. The molecule has 4 atom stereocenters. The molecule has 1 saturated heterocycles. The third kappa shape index (κ3) is 2.42.